The highest BCUT2D eigenvalue weighted by molar-refractivity contribution is 6.34. The van der Waals surface area contributed by atoms with Crippen LogP contribution in [-0.4, -0.2) is 20.2 Å². The second kappa shape index (κ2) is 5.94. The van der Waals surface area contributed by atoms with E-state index in [0.29, 0.717) is 21.7 Å². The molecule has 0 saturated carbocycles. The molecular formula is C13H17Cl2NO. The first-order chi connectivity index (χ1) is 8.20. The minimum Gasteiger partial charge on any atom is -0.495 e. The average Bonchev–Trinajstić information content (AvgIpc) is 2.34. The fourth-order valence-corrected chi connectivity index (χ4v) is 2.82. The van der Waals surface area contributed by atoms with E-state index in [4.69, 9.17) is 27.9 Å². The summed E-state index contributed by atoms with van der Waals surface area (Å²) in [5.74, 6) is 1.31. The van der Waals surface area contributed by atoms with E-state index in [1.54, 1.807) is 13.2 Å². The molecule has 17 heavy (non-hydrogen) atoms. The van der Waals surface area contributed by atoms with Gasteiger partial charge in [-0.25, -0.2) is 0 Å². The van der Waals surface area contributed by atoms with Crippen LogP contribution in [0.4, 0.5) is 0 Å². The van der Waals surface area contributed by atoms with Crippen molar-refractivity contribution >= 4 is 23.2 Å². The smallest absolute Gasteiger partial charge is 0.139 e. The number of hydrogen-bond donors (Lipinski definition) is 1. The van der Waals surface area contributed by atoms with Crippen molar-refractivity contribution in [2.24, 2.45) is 5.92 Å². The van der Waals surface area contributed by atoms with Gasteiger partial charge in [-0.1, -0.05) is 23.2 Å². The number of halogens is 2. The second-order valence-electron chi connectivity index (χ2n) is 4.50. The summed E-state index contributed by atoms with van der Waals surface area (Å²) in [6.07, 6.45) is 3.45. The van der Waals surface area contributed by atoms with Crippen LogP contribution in [0.2, 0.25) is 10.0 Å². The molecule has 1 fully saturated rings. The molecule has 0 bridgehead atoms. The molecule has 0 radical (unpaired) electrons. The third-order valence-electron chi connectivity index (χ3n) is 3.21. The van der Waals surface area contributed by atoms with Gasteiger partial charge in [-0.3, -0.25) is 0 Å². The lowest BCUT2D eigenvalue weighted by Crippen LogP contribution is -2.30. The molecule has 1 heterocycles. The largest absolute Gasteiger partial charge is 0.495 e. The van der Waals surface area contributed by atoms with E-state index in [9.17, 15) is 0 Å². The predicted octanol–water partition coefficient (Wildman–Crippen LogP) is 3.54. The van der Waals surface area contributed by atoms with Gasteiger partial charge in [0, 0.05) is 11.1 Å². The van der Waals surface area contributed by atoms with Crippen molar-refractivity contribution in [1.29, 1.82) is 0 Å². The normalized spacial score (nSPS) is 20.3. The SMILES string of the molecule is COc1cc(Cl)cc(CC2CCCNC2)c1Cl. The summed E-state index contributed by atoms with van der Waals surface area (Å²) in [5.41, 5.74) is 1.09. The molecule has 1 aliphatic heterocycles. The first-order valence-electron chi connectivity index (χ1n) is 5.93. The van der Waals surface area contributed by atoms with E-state index in [-0.39, 0.29) is 0 Å². The lowest BCUT2D eigenvalue weighted by molar-refractivity contribution is 0.374. The van der Waals surface area contributed by atoms with Gasteiger partial charge in [0.15, 0.2) is 0 Å². The Bertz CT molecular complexity index is 389. The fraction of sp³-hybridized carbons (Fsp3) is 0.538. The summed E-state index contributed by atoms with van der Waals surface area (Å²) in [5, 5.41) is 4.79. The van der Waals surface area contributed by atoms with E-state index >= 15 is 0 Å². The molecular weight excluding hydrogens is 257 g/mol. The maximum atomic E-state index is 6.30. The Labute approximate surface area is 112 Å². The van der Waals surface area contributed by atoms with Crippen LogP contribution in [0, 0.1) is 5.92 Å². The van der Waals surface area contributed by atoms with E-state index in [1.807, 2.05) is 6.07 Å². The summed E-state index contributed by atoms with van der Waals surface area (Å²) in [4.78, 5) is 0. The van der Waals surface area contributed by atoms with E-state index in [0.717, 1.165) is 25.1 Å². The van der Waals surface area contributed by atoms with Gasteiger partial charge in [-0.05, 0) is 49.9 Å². The van der Waals surface area contributed by atoms with Crippen LogP contribution in [0.1, 0.15) is 18.4 Å². The molecule has 2 nitrogen and oxygen atoms in total. The Morgan fingerprint density at radius 1 is 1.41 bits per heavy atom. The van der Waals surface area contributed by atoms with Gasteiger partial charge in [-0.2, -0.15) is 0 Å². The van der Waals surface area contributed by atoms with Crippen LogP contribution in [0.25, 0.3) is 0 Å². The molecule has 4 heteroatoms. The van der Waals surface area contributed by atoms with Crippen molar-refractivity contribution in [3.8, 4) is 5.75 Å². The summed E-state index contributed by atoms with van der Waals surface area (Å²) in [6.45, 7) is 2.19. The number of benzene rings is 1. The molecule has 1 atom stereocenters. The minimum atomic E-state index is 0.643. The molecule has 1 aromatic carbocycles. The Kier molecular flexibility index (Phi) is 4.55. The van der Waals surface area contributed by atoms with Gasteiger partial charge in [0.25, 0.3) is 0 Å². The van der Waals surface area contributed by atoms with Crippen LogP contribution in [0.5, 0.6) is 5.75 Å². The third-order valence-corrected chi connectivity index (χ3v) is 3.85. The molecule has 94 valence electrons. The van der Waals surface area contributed by atoms with Crippen LogP contribution >= 0.6 is 23.2 Å². The Balaban J connectivity index is 2.16. The van der Waals surface area contributed by atoms with E-state index < -0.39 is 0 Å². The highest BCUT2D eigenvalue weighted by atomic mass is 35.5. The van der Waals surface area contributed by atoms with Gasteiger partial charge >= 0.3 is 0 Å². The van der Waals surface area contributed by atoms with Crippen molar-refractivity contribution in [3.63, 3.8) is 0 Å². The minimum absolute atomic E-state index is 0.643. The Morgan fingerprint density at radius 2 is 2.24 bits per heavy atom. The zero-order chi connectivity index (χ0) is 12.3. The van der Waals surface area contributed by atoms with Crippen molar-refractivity contribution < 1.29 is 4.74 Å². The Morgan fingerprint density at radius 3 is 2.88 bits per heavy atom. The summed E-state index contributed by atoms with van der Waals surface area (Å²) < 4.78 is 5.22. The number of piperidine rings is 1. The van der Waals surface area contributed by atoms with Gasteiger partial charge in [0.1, 0.15) is 5.75 Å². The number of ether oxygens (including phenoxy) is 1. The highest BCUT2D eigenvalue weighted by Crippen LogP contribution is 2.33. The van der Waals surface area contributed by atoms with Crippen LogP contribution in [0.15, 0.2) is 12.1 Å². The van der Waals surface area contributed by atoms with Crippen LogP contribution < -0.4 is 10.1 Å². The molecule has 1 aliphatic rings. The molecule has 2 rings (SSSR count). The average molecular weight is 274 g/mol. The van der Waals surface area contributed by atoms with E-state index in [1.165, 1.54) is 12.8 Å². The van der Waals surface area contributed by atoms with Gasteiger partial charge in [-0.15, -0.1) is 0 Å². The number of rotatable bonds is 3. The zero-order valence-corrected chi connectivity index (χ0v) is 11.4. The molecule has 0 aliphatic carbocycles. The molecule has 0 spiro atoms. The predicted molar refractivity (Wildman–Crippen MR) is 72.3 cm³/mol. The third kappa shape index (κ3) is 3.27. The maximum absolute atomic E-state index is 6.30. The van der Waals surface area contributed by atoms with Gasteiger partial charge in [0.2, 0.25) is 0 Å². The second-order valence-corrected chi connectivity index (χ2v) is 5.31. The molecule has 0 aromatic heterocycles. The molecule has 0 amide bonds. The first-order valence-corrected chi connectivity index (χ1v) is 6.69. The van der Waals surface area contributed by atoms with Crippen molar-refractivity contribution in [1.82, 2.24) is 5.32 Å². The standard InChI is InChI=1S/C13H17Cl2NO/c1-17-12-7-11(14)6-10(13(12)15)5-9-3-2-4-16-8-9/h6-7,9,16H,2-5,8H2,1H3. The number of methoxy groups -OCH3 is 1. The van der Waals surface area contributed by atoms with Crippen molar-refractivity contribution in [2.45, 2.75) is 19.3 Å². The zero-order valence-electron chi connectivity index (χ0n) is 9.93. The molecule has 1 aromatic rings. The summed E-state index contributed by atoms with van der Waals surface area (Å²) in [7, 11) is 1.61. The van der Waals surface area contributed by atoms with Crippen molar-refractivity contribution in [3.05, 3.63) is 27.7 Å². The summed E-state index contributed by atoms with van der Waals surface area (Å²) >= 11 is 12.4. The van der Waals surface area contributed by atoms with Crippen molar-refractivity contribution in [2.75, 3.05) is 20.2 Å². The number of nitrogens with one attached hydrogen (secondary N) is 1. The van der Waals surface area contributed by atoms with Gasteiger partial charge < -0.3 is 10.1 Å². The van der Waals surface area contributed by atoms with Gasteiger partial charge in [0.05, 0.1) is 12.1 Å². The van der Waals surface area contributed by atoms with Crippen LogP contribution in [-0.2, 0) is 6.42 Å². The molecule has 1 N–H and O–H groups in total. The monoisotopic (exact) mass is 273 g/mol. The lowest BCUT2D eigenvalue weighted by atomic mass is 9.92. The topological polar surface area (TPSA) is 21.3 Å². The first kappa shape index (κ1) is 13.0. The lowest BCUT2D eigenvalue weighted by Gasteiger charge is -2.23. The highest BCUT2D eigenvalue weighted by Gasteiger charge is 2.17. The fourth-order valence-electron chi connectivity index (χ4n) is 2.32. The molecule has 1 unspecified atom stereocenters. The Hall–Kier alpha value is -0.440. The maximum Gasteiger partial charge on any atom is 0.139 e. The number of hydrogen-bond acceptors (Lipinski definition) is 2. The van der Waals surface area contributed by atoms with Crippen LogP contribution in [0.3, 0.4) is 0 Å². The quantitative estimate of drug-likeness (QED) is 0.910. The van der Waals surface area contributed by atoms with E-state index in [2.05, 4.69) is 5.32 Å². The summed E-state index contributed by atoms with van der Waals surface area (Å²) in [6, 6.07) is 3.70. The molecule has 1 saturated heterocycles.